The fourth-order valence-electron chi connectivity index (χ4n) is 3.21. The minimum absolute atomic E-state index is 0.0831. The molecule has 0 spiro atoms. The van der Waals surface area contributed by atoms with Gasteiger partial charge in [0.05, 0.1) is 6.10 Å². The summed E-state index contributed by atoms with van der Waals surface area (Å²) in [7, 11) is 0. The summed E-state index contributed by atoms with van der Waals surface area (Å²) >= 11 is 0. The molecule has 3 N–H and O–H groups in total. The Balaban J connectivity index is 2.24. The summed E-state index contributed by atoms with van der Waals surface area (Å²) in [5.41, 5.74) is 9.74. The Labute approximate surface area is 104 Å². The van der Waals surface area contributed by atoms with Crippen molar-refractivity contribution in [2.45, 2.75) is 45.6 Å². The van der Waals surface area contributed by atoms with E-state index in [1.165, 1.54) is 16.7 Å². The smallest absolute Gasteiger partial charge is 0.0611 e. The van der Waals surface area contributed by atoms with E-state index in [0.717, 1.165) is 25.7 Å². The molecule has 1 aliphatic rings. The van der Waals surface area contributed by atoms with Crippen molar-refractivity contribution in [1.82, 2.24) is 0 Å². The summed E-state index contributed by atoms with van der Waals surface area (Å²) < 4.78 is 0. The lowest BCUT2D eigenvalue weighted by Crippen LogP contribution is -2.39. The van der Waals surface area contributed by atoms with Crippen LogP contribution in [0.1, 0.15) is 36.0 Å². The molecular formula is C15H23NO. The van der Waals surface area contributed by atoms with Gasteiger partial charge in [0.1, 0.15) is 0 Å². The van der Waals surface area contributed by atoms with Crippen molar-refractivity contribution in [3.63, 3.8) is 0 Å². The molecule has 2 atom stereocenters. The number of aliphatic hydroxyl groups excluding tert-OH is 1. The van der Waals surface area contributed by atoms with Gasteiger partial charge in [-0.15, -0.1) is 0 Å². The minimum Gasteiger partial charge on any atom is -0.392 e. The lowest BCUT2D eigenvalue weighted by Gasteiger charge is -2.31. The largest absolute Gasteiger partial charge is 0.392 e. The van der Waals surface area contributed by atoms with Crippen molar-refractivity contribution in [2.75, 3.05) is 6.54 Å². The molecule has 2 unspecified atom stereocenters. The average Bonchev–Trinajstić information content (AvgIpc) is 2.59. The third-order valence-corrected chi connectivity index (χ3v) is 4.10. The van der Waals surface area contributed by atoms with E-state index < -0.39 is 0 Å². The number of benzene rings is 1. The number of hydrogen-bond acceptors (Lipinski definition) is 2. The fraction of sp³-hybridized carbons (Fsp3) is 0.600. The van der Waals surface area contributed by atoms with Gasteiger partial charge in [-0.1, -0.05) is 35.7 Å². The van der Waals surface area contributed by atoms with Gasteiger partial charge in [0.25, 0.3) is 0 Å². The minimum atomic E-state index is -0.228. The van der Waals surface area contributed by atoms with Crippen LogP contribution in [0, 0.1) is 19.3 Å². The Kier molecular flexibility index (Phi) is 3.55. The fourth-order valence-corrected chi connectivity index (χ4v) is 3.21. The Morgan fingerprint density at radius 2 is 1.94 bits per heavy atom. The number of aryl methyl sites for hydroxylation is 2. The van der Waals surface area contributed by atoms with E-state index in [0.29, 0.717) is 6.54 Å². The Hall–Kier alpha value is -0.860. The molecule has 2 heteroatoms. The second-order valence-electron chi connectivity index (χ2n) is 5.65. The molecule has 0 radical (unpaired) electrons. The van der Waals surface area contributed by atoms with Gasteiger partial charge in [0, 0.05) is 12.0 Å². The van der Waals surface area contributed by atoms with Crippen molar-refractivity contribution >= 4 is 0 Å². The molecule has 94 valence electrons. The molecule has 17 heavy (non-hydrogen) atoms. The zero-order valence-electron chi connectivity index (χ0n) is 10.9. The van der Waals surface area contributed by atoms with Gasteiger partial charge >= 0.3 is 0 Å². The van der Waals surface area contributed by atoms with Crippen LogP contribution >= 0.6 is 0 Å². The summed E-state index contributed by atoms with van der Waals surface area (Å²) in [5.74, 6) is 0. The van der Waals surface area contributed by atoms with Crippen LogP contribution < -0.4 is 5.73 Å². The number of nitrogens with two attached hydrogens (primary N) is 1. The Morgan fingerprint density at radius 1 is 1.29 bits per heavy atom. The number of aliphatic hydroxyl groups is 1. The average molecular weight is 233 g/mol. The van der Waals surface area contributed by atoms with E-state index in [2.05, 4.69) is 32.0 Å². The first kappa shape index (κ1) is 12.6. The summed E-state index contributed by atoms with van der Waals surface area (Å²) in [4.78, 5) is 0. The van der Waals surface area contributed by atoms with Crippen LogP contribution in [0.5, 0.6) is 0 Å². The molecule has 2 rings (SSSR count). The lowest BCUT2D eigenvalue weighted by atomic mass is 9.78. The van der Waals surface area contributed by atoms with Crippen molar-refractivity contribution < 1.29 is 5.11 Å². The molecule has 1 saturated carbocycles. The van der Waals surface area contributed by atoms with E-state index in [1.807, 2.05) is 0 Å². The van der Waals surface area contributed by atoms with Gasteiger partial charge in [-0.05, 0) is 38.7 Å². The third-order valence-electron chi connectivity index (χ3n) is 4.10. The molecule has 1 aliphatic carbocycles. The molecule has 1 fully saturated rings. The van der Waals surface area contributed by atoms with Crippen LogP contribution in [0.3, 0.4) is 0 Å². The Bertz CT molecular complexity index is 382. The summed E-state index contributed by atoms with van der Waals surface area (Å²) in [6.45, 7) is 4.83. The van der Waals surface area contributed by atoms with Crippen LogP contribution in [0.15, 0.2) is 18.2 Å². The molecule has 0 aliphatic heterocycles. The topological polar surface area (TPSA) is 46.2 Å². The van der Waals surface area contributed by atoms with Gasteiger partial charge in [-0.3, -0.25) is 0 Å². The molecular weight excluding hydrogens is 210 g/mol. The molecule has 0 heterocycles. The zero-order valence-corrected chi connectivity index (χ0v) is 10.9. The molecule has 0 aromatic heterocycles. The summed E-state index contributed by atoms with van der Waals surface area (Å²) in [5, 5.41) is 10.2. The SMILES string of the molecule is Cc1cc(C)cc(CC2(CN)CCCC2O)c1. The highest BCUT2D eigenvalue weighted by atomic mass is 16.3. The predicted octanol–water partition coefficient (Wildman–Crippen LogP) is 2.34. The van der Waals surface area contributed by atoms with Crippen LogP contribution in [-0.4, -0.2) is 17.8 Å². The normalized spacial score (nSPS) is 28.6. The van der Waals surface area contributed by atoms with Gasteiger partial charge in [-0.2, -0.15) is 0 Å². The first-order valence-electron chi connectivity index (χ1n) is 6.51. The molecule has 1 aromatic carbocycles. The highest BCUT2D eigenvalue weighted by molar-refractivity contribution is 5.29. The van der Waals surface area contributed by atoms with Crippen LogP contribution in [-0.2, 0) is 6.42 Å². The third kappa shape index (κ3) is 2.53. The van der Waals surface area contributed by atoms with Crippen molar-refractivity contribution in [3.05, 3.63) is 34.9 Å². The molecule has 2 nitrogen and oxygen atoms in total. The van der Waals surface area contributed by atoms with Gasteiger partial charge in [-0.25, -0.2) is 0 Å². The second kappa shape index (κ2) is 4.79. The maximum absolute atomic E-state index is 10.2. The molecule has 0 bridgehead atoms. The van der Waals surface area contributed by atoms with Crippen molar-refractivity contribution in [2.24, 2.45) is 11.1 Å². The molecule has 1 aromatic rings. The highest BCUT2D eigenvalue weighted by Gasteiger charge is 2.40. The van der Waals surface area contributed by atoms with Crippen molar-refractivity contribution in [3.8, 4) is 0 Å². The molecule has 0 amide bonds. The van der Waals surface area contributed by atoms with E-state index in [-0.39, 0.29) is 11.5 Å². The zero-order chi connectivity index (χ0) is 12.5. The lowest BCUT2D eigenvalue weighted by molar-refractivity contribution is 0.0588. The van der Waals surface area contributed by atoms with Crippen LogP contribution in [0.2, 0.25) is 0 Å². The number of rotatable bonds is 3. The van der Waals surface area contributed by atoms with Crippen LogP contribution in [0.25, 0.3) is 0 Å². The Morgan fingerprint density at radius 3 is 2.41 bits per heavy atom. The summed E-state index contributed by atoms with van der Waals surface area (Å²) in [6.07, 6.45) is 3.74. The van der Waals surface area contributed by atoms with E-state index >= 15 is 0 Å². The van der Waals surface area contributed by atoms with Crippen LogP contribution in [0.4, 0.5) is 0 Å². The van der Waals surface area contributed by atoms with E-state index in [1.54, 1.807) is 0 Å². The van der Waals surface area contributed by atoms with Gasteiger partial charge < -0.3 is 10.8 Å². The quantitative estimate of drug-likeness (QED) is 0.841. The first-order chi connectivity index (χ1) is 8.05. The molecule has 0 saturated heterocycles. The summed E-state index contributed by atoms with van der Waals surface area (Å²) in [6, 6.07) is 6.62. The van der Waals surface area contributed by atoms with E-state index in [9.17, 15) is 5.11 Å². The van der Waals surface area contributed by atoms with E-state index in [4.69, 9.17) is 5.73 Å². The monoisotopic (exact) mass is 233 g/mol. The predicted molar refractivity (Wildman–Crippen MR) is 71.0 cm³/mol. The van der Waals surface area contributed by atoms with Crippen molar-refractivity contribution in [1.29, 1.82) is 0 Å². The first-order valence-corrected chi connectivity index (χ1v) is 6.51. The highest BCUT2D eigenvalue weighted by Crippen LogP contribution is 2.40. The maximum atomic E-state index is 10.2. The second-order valence-corrected chi connectivity index (χ2v) is 5.65. The standard InChI is InChI=1S/C15H23NO/c1-11-6-12(2)8-13(7-11)9-15(10-16)5-3-4-14(15)17/h6-8,14,17H,3-5,9-10,16H2,1-2H3. The van der Waals surface area contributed by atoms with Gasteiger partial charge in [0.2, 0.25) is 0 Å². The maximum Gasteiger partial charge on any atom is 0.0611 e. The number of hydrogen-bond donors (Lipinski definition) is 2. The van der Waals surface area contributed by atoms with Gasteiger partial charge in [0.15, 0.2) is 0 Å².